The van der Waals surface area contributed by atoms with E-state index in [2.05, 4.69) is 228 Å². The largest absolute Gasteiger partial charge is 0.296 e. The van der Waals surface area contributed by atoms with Crippen LogP contribution in [-0.2, 0) is 43.8 Å². The molecule has 3 aliphatic rings. The summed E-state index contributed by atoms with van der Waals surface area (Å²) in [5.41, 5.74) is 28.2. The zero-order chi connectivity index (χ0) is 50.0. The molecule has 2 heteroatoms. The number of rotatable bonds is 14. The zero-order valence-electron chi connectivity index (χ0n) is 43.8. The molecule has 9 aromatic carbocycles. The first-order valence-corrected chi connectivity index (χ1v) is 27.6. The van der Waals surface area contributed by atoms with Crippen LogP contribution in [0.2, 0.25) is 0 Å². The first-order chi connectivity index (χ1) is 36.3. The van der Waals surface area contributed by atoms with Gasteiger partial charge in [-0.15, -0.1) is 29.3 Å². The van der Waals surface area contributed by atoms with E-state index in [-0.39, 0.29) is 25.5 Å². The number of fused-ring (bicyclic) bond motifs is 12. The van der Waals surface area contributed by atoms with Gasteiger partial charge in [0.15, 0.2) is 0 Å². The molecule has 0 unspecified atom stereocenters. The molecular weight excluding hydrogens is 1080 g/mol. The van der Waals surface area contributed by atoms with Gasteiger partial charge in [0.25, 0.3) is 0 Å². The van der Waals surface area contributed by atoms with Gasteiger partial charge in [-0.2, -0.15) is 0 Å². The van der Waals surface area contributed by atoms with Gasteiger partial charge in [-0.25, -0.2) is 0 Å². The first-order valence-electron chi connectivity index (χ1n) is 27.6. The summed E-state index contributed by atoms with van der Waals surface area (Å²) in [7, 11) is 0. The fourth-order valence-electron chi connectivity index (χ4n) is 13.3. The van der Waals surface area contributed by atoms with E-state index in [0.29, 0.717) is 0 Å². The van der Waals surface area contributed by atoms with Crippen LogP contribution in [0.25, 0.3) is 88.9 Å². The maximum absolute atomic E-state index is 5.50. The molecule has 1 aromatic heterocycles. The number of benzene rings is 9. The van der Waals surface area contributed by atoms with Gasteiger partial charge in [0.1, 0.15) is 0 Å². The summed E-state index contributed by atoms with van der Waals surface area (Å²) in [6.45, 7) is 9.32. The number of unbranched alkanes of at least 4 members (excludes halogenated alkanes) is 6. The molecule has 1 nitrogen and oxygen atoms in total. The smallest absolute Gasteiger partial charge is 0.0604 e. The number of pyridine rings is 1. The van der Waals surface area contributed by atoms with Gasteiger partial charge in [-0.05, 0) is 156 Å². The number of aryl methyl sites for hydroxylation is 2. The Morgan fingerprint density at radius 1 is 0.387 bits per heavy atom. The summed E-state index contributed by atoms with van der Waals surface area (Å²) in [5, 5.41) is 1.26. The van der Waals surface area contributed by atoms with Crippen molar-refractivity contribution in [3.05, 3.63) is 245 Å². The van der Waals surface area contributed by atoms with Crippen molar-refractivity contribution in [1.29, 1.82) is 0 Å². The molecule has 0 fully saturated rings. The molecule has 371 valence electrons. The monoisotopic (exact) mass is 1150 g/mol. The van der Waals surface area contributed by atoms with Crippen LogP contribution in [0.15, 0.2) is 194 Å². The molecule has 0 bridgehead atoms. The summed E-state index contributed by atoms with van der Waals surface area (Å²) in [6, 6.07) is 78.3. The van der Waals surface area contributed by atoms with Crippen LogP contribution >= 0.6 is 0 Å². The van der Waals surface area contributed by atoms with Crippen molar-refractivity contribution < 1.29 is 20.1 Å². The van der Waals surface area contributed by atoms with Gasteiger partial charge in [0.05, 0.1) is 10.9 Å². The van der Waals surface area contributed by atoms with Crippen molar-refractivity contribution in [2.75, 3.05) is 0 Å². The van der Waals surface area contributed by atoms with Crippen molar-refractivity contribution in [3.8, 4) is 78.0 Å². The summed E-state index contributed by atoms with van der Waals surface area (Å²) >= 11 is 0. The van der Waals surface area contributed by atoms with Gasteiger partial charge in [-0.3, -0.25) is 4.98 Å². The van der Waals surface area contributed by atoms with E-state index in [1.807, 2.05) is 0 Å². The Kier molecular flexibility index (Phi) is 13.0. The quantitative estimate of drug-likeness (QED) is 0.0781. The molecule has 3 aliphatic carbocycles. The minimum atomic E-state index is -0.547. The van der Waals surface area contributed by atoms with Crippen molar-refractivity contribution in [1.82, 2.24) is 4.98 Å². The van der Waals surface area contributed by atoms with Gasteiger partial charge < -0.3 is 0 Å². The molecule has 1 radical (unpaired) electrons. The Labute approximate surface area is 458 Å². The Hall–Kier alpha value is -6.96. The third-order valence-electron chi connectivity index (χ3n) is 17.2. The van der Waals surface area contributed by atoms with E-state index >= 15 is 0 Å². The summed E-state index contributed by atoms with van der Waals surface area (Å²) in [5.74, 6) is 0. The molecule has 1 heterocycles. The molecule has 0 atom stereocenters. The molecule has 10 aromatic rings. The second-order valence-corrected chi connectivity index (χ2v) is 22.0. The maximum Gasteiger partial charge on any atom is 0.0604 e. The zero-order valence-corrected chi connectivity index (χ0v) is 46.2. The van der Waals surface area contributed by atoms with E-state index in [9.17, 15) is 0 Å². The van der Waals surface area contributed by atoms with Crippen molar-refractivity contribution >= 4 is 10.9 Å². The van der Waals surface area contributed by atoms with Crippen LogP contribution in [-0.4, -0.2) is 4.98 Å². The van der Waals surface area contributed by atoms with E-state index < -0.39 is 5.41 Å². The average Bonchev–Trinajstić information content (AvgIpc) is 3.94. The SMILES string of the molecule is CCCCCCc1ccc(-c2cc(-c3ccc(CCCCCC)cc3)cc(-c3ccc4c(c3)C3(c5ccccc5-c5ccccc53)c3cc(-c5cc6c7c(cccc7n5)-c5ccccc5C6(C)C)[c-]cc3-4)c2)cc1.[Ir]. The van der Waals surface area contributed by atoms with Crippen LogP contribution in [0.5, 0.6) is 0 Å². The first kappa shape index (κ1) is 48.9. The Bertz CT molecular complexity index is 3660. The molecule has 0 aliphatic heterocycles. The molecule has 0 amide bonds. The number of aromatic nitrogens is 1. The minimum absolute atomic E-state index is 0. The summed E-state index contributed by atoms with van der Waals surface area (Å²) in [6.07, 6.45) is 12.5. The fourth-order valence-corrected chi connectivity index (χ4v) is 13.3. The average molecular weight is 1150 g/mol. The molecule has 13 rings (SSSR count). The Morgan fingerprint density at radius 3 is 1.47 bits per heavy atom. The summed E-state index contributed by atoms with van der Waals surface area (Å²) < 4.78 is 0. The third-order valence-corrected chi connectivity index (χ3v) is 17.2. The number of hydrogen-bond acceptors (Lipinski definition) is 1. The molecule has 0 saturated carbocycles. The normalized spacial score (nSPS) is 13.7. The predicted molar refractivity (Wildman–Crippen MR) is 312 cm³/mol. The van der Waals surface area contributed by atoms with Gasteiger partial charge >= 0.3 is 0 Å². The fraction of sp³-hybridized carbons (Fsp3) is 0.219. The van der Waals surface area contributed by atoms with Crippen LogP contribution in [0.1, 0.15) is 124 Å². The summed E-state index contributed by atoms with van der Waals surface area (Å²) in [4.78, 5) is 5.50. The molecular formula is C73H64IrN-. The Balaban J connectivity index is 0.00000569. The van der Waals surface area contributed by atoms with Crippen molar-refractivity contribution in [2.45, 2.75) is 103 Å². The molecule has 75 heavy (non-hydrogen) atoms. The van der Waals surface area contributed by atoms with E-state index in [0.717, 1.165) is 29.6 Å². The van der Waals surface area contributed by atoms with E-state index in [1.54, 1.807) is 0 Å². The molecule has 0 N–H and O–H groups in total. The Morgan fingerprint density at radius 2 is 0.880 bits per heavy atom. The van der Waals surface area contributed by atoms with Gasteiger partial charge in [0, 0.05) is 30.9 Å². The van der Waals surface area contributed by atoms with Crippen LogP contribution < -0.4 is 0 Å². The van der Waals surface area contributed by atoms with Crippen LogP contribution in [0.4, 0.5) is 0 Å². The predicted octanol–water partition coefficient (Wildman–Crippen LogP) is 19.6. The topological polar surface area (TPSA) is 12.9 Å². The molecule has 1 spiro atoms. The number of hydrogen-bond donors (Lipinski definition) is 0. The standard InChI is InChI=1S/C73H64N.Ir/c1-5-7-9-11-20-48-30-34-50(35-31-48)54-42-55(51-36-32-49(33-37-51)21-12-10-8-6-2)44-56(43-54)52-38-40-60-61-41-39-53(46-67(61)73(66(60)45-52)64-27-17-14-22-57(64)58-23-15-18-28-65(58)73)70-47-68-71-62(25-19-29-69(71)74-70)59-24-13-16-26-63(59)72(68,3)4;/h13-19,22-38,40-47H,5-12,20-21H2,1-4H3;/q-1;. The van der Waals surface area contributed by atoms with E-state index in [4.69, 9.17) is 4.98 Å². The van der Waals surface area contributed by atoms with Crippen molar-refractivity contribution in [3.63, 3.8) is 0 Å². The molecule has 0 saturated heterocycles. The van der Waals surface area contributed by atoms with Gasteiger partial charge in [-0.1, -0.05) is 229 Å². The van der Waals surface area contributed by atoms with Gasteiger partial charge in [0.2, 0.25) is 0 Å². The minimum Gasteiger partial charge on any atom is -0.296 e. The van der Waals surface area contributed by atoms with Crippen LogP contribution in [0, 0.1) is 6.07 Å². The van der Waals surface area contributed by atoms with Crippen LogP contribution in [0.3, 0.4) is 0 Å². The number of nitrogens with zero attached hydrogens (tertiary/aromatic N) is 1. The third kappa shape index (κ3) is 8.19. The second-order valence-electron chi connectivity index (χ2n) is 22.0. The van der Waals surface area contributed by atoms with E-state index in [1.165, 1.54) is 168 Å². The van der Waals surface area contributed by atoms with Crippen molar-refractivity contribution in [2.24, 2.45) is 0 Å². The second kappa shape index (κ2) is 20.0. The maximum atomic E-state index is 5.50.